The van der Waals surface area contributed by atoms with Gasteiger partial charge in [0.25, 0.3) is 5.91 Å². The van der Waals surface area contributed by atoms with Crippen molar-refractivity contribution in [3.8, 4) is 5.75 Å². The Morgan fingerprint density at radius 3 is 2.03 bits per heavy atom. The van der Waals surface area contributed by atoms with E-state index in [4.69, 9.17) is 4.74 Å². The zero-order valence-corrected chi connectivity index (χ0v) is 17.9. The Balaban J connectivity index is 1.49. The van der Waals surface area contributed by atoms with Crippen LogP contribution in [-0.4, -0.2) is 49.0 Å². The average Bonchev–Trinajstić information content (AvgIpc) is 3.54. The van der Waals surface area contributed by atoms with E-state index in [1.54, 1.807) is 12.1 Å². The third kappa shape index (κ3) is 5.79. The first-order chi connectivity index (χ1) is 14.2. The van der Waals surface area contributed by atoms with Crippen LogP contribution >= 0.6 is 0 Å². The first-order valence-corrected chi connectivity index (χ1v) is 12.2. The van der Waals surface area contributed by atoms with Crippen LogP contribution in [0.25, 0.3) is 0 Å². The van der Waals surface area contributed by atoms with Crippen molar-refractivity contribution in [2.75, 3.05) is 20.2 Å². The molecular formula is C19H23N3O6S2. The highest BCUT2D eigenvalue weighted by molar-refractivity contribution is 7.89. The van der Waals surface area contributed by atoms with Crippen LogP contribution < -0.4 is 19.5 Å². The molecule has 1 amide bonds. The van der Waals surface area contributed by atoms with Crippen molar-refractivity contribution in [1.29, 1.82) is 0 Å². The van der Waals surface area contributed by atoms with Gasteiger partial charge in [0.2, 0.25) is 20.0 Å². The number of amides is 1. The van der Waals surface area contributed by atoms with Gasteiger partial charge in [0.05, 0.1) is 16.9 Å². The van der Waals surface area contributed by atoms with Gasteiger partial charge in [0, 0.05) is 24.7 Å². The number of carbonyl (C=O) groups excluding carboxylic acids is 1. The van der Waals surface area contributed by atoms with Crippen molar-refractivity contribution >= 4 is 26.0 Å². The minimum absolute atomic E-state index is 0.000306. The SMILES string of the molecule is COc1ccc(S(=O)(=O)NCCNC(=O)c2ccc(S(=O)(=O)NC3CC3)cc2)cc1. The zero-order valence-electron chi connectivity index (χ0n) is 16.3. The zero-order chi connectivity index (χ0) is 21.8. The normalized spacial score (nSPS) is 14.3. The van der Waals surface area contributed by atoms with Gasteiger partial charge in [0.15, 0.2) is 0 Å². The fourth-order valence-electron chi connectivity index (χ4n) is 2.58. The molecule has 1 aliphatic carbocycles. The van der Waals surface area contributed by atoms with E-state index in [0.717, 1.165) is 12.8 Å². The molecule has 9 nitrogen and oxygen atoms in total. The maximum absolute atomic E-state index is 12.2. The number of ether oxygens (including phenoxy) is 1. The van der Waals surface area contributed by atoms with Gasteiger partial charge in [-0.25, -0.2) is 26.3 Å². The molecule has 0 heterocycles. The van der Waals surface area contributed by atoms with E-state index in [9.17, 15) is 21.6 Å². The lowest BCUT2D eigenvalue weighted by molar-refractivity contribution is 0.0954. The molecule has 0 bridgehead atoms. The molecule has 1 fully saturated rings. The van der Waals surface area contributed by atoms with Gasteiger partial charge in [-0.05, 0) is 61.4 Å². The number of rotatable bonds is 10. The van der Waals surface area contributed by atoms with Crippen LogP contribution in [0, 0.1) is 0 Å². The van der Waals surface area contributed by atoms with E-state index < -0.39 is 26.0 Å². The highest BCUT2D eigenvalue weighted by Crippen LogP contribution is 2.22. The summed E-state index contributed by atoms with van der Waals surface area (Å²) in [5, 5.41) is 2.59. The largest absolute Gasteiger partial charge is 0.497 e. The highest BCUT2D eigenvalue weighted by Gasteiger charge is 2.28. The number of benzene rings is 2. The smallest absolute Gasteiger partial charge is 0.251 e. The van der Waals surface area contributed by atoms with Crippen molar-refractivity contribution in [1.82, 2.24) is 14.8 Å². The lowest BCUT2D eigenvalue weighted by Crippen LogP contribution is -2.34. The standard InChI is InChI=1S/C19H23N3O6S2/c1-28-16-6-10-17(11-7-16)29(24,25)21-13-12-20-19(23)14-2-8-18(9-3-14)30(26,27)22-15-4-5-15/h2-3,6-11,15,21-22H,4-5,12-13H2,1H3,(H,20,23). The molecule has 0 aliphatic heterocycles. The predicted molar refractivity (Wildman–Crippen MR) is 110 cm³/mol. The van der Waals surface area contributed by atoms with Crippen LogP contribution in [0.2, 0.25) is 0 Å². The molecule has 2 aromatic carbocycles. The summed E-state index contributed by atoms with van der Waals surface area (Å²) in [6.07, 6.45) is 1.67. The quantitative estimate of drug-likeness (QED) is 0.457. The van der Waals surface area contributed by atoms with Gasteiger partial charge >= 0.3 is 0 Å². The third-order valence-corrected chi connectivity index (χ3v) is 7.41. The number of carbonyl (C=O) groups is 1. The van der Waals surface area contributed by atoms with Crippen molar-refractivity contribution < 1.29 is 26.4 Å². The van der Waals surface area contributed by atoms with E-state index in [0.29, 0.717) is 5.75 Å². The number of hydrogen-bond acceptors (Lipinski definition) is 6. The first kappa shape index (κ1) is 22.2. The highest BCUT2D eigenvalue weighted by atomic mass is 32.2. The van der Waals surface area contributed by atoms with Crippen molar-refractivity contribution in [2.24, 2.45) is 0 Å². The van der Waals surface area contributed by atoms with E-state index in [-0.39, 0.29) is 34.5 Å². The van der Waals surface area contributed by atoms with Gasteiger partial charge < -0.3 is 10.1 Å². The summed E-state index contributed by atoms with van der Waals surface area (Å²) in [7, 11) is -5.79. The second-order valence-corrected chi connectivity index (χ2v) is 10.2. The summed E-state index contributed by atoms with van der Waals surface area (Å²) in [5.41, 5.74) is 0.276. The minimum atomic E-state index is -3.71. The summed E-state index contributed by atoms with van der Waals surface area (Å²) in [6.45, 7) is 0.0649. The topological polar surface area (TPSA) is 131 Å². The van der Waals surface area contributed by atoms with E-state index >= 15 is 0 Å². The molecule has 1 saturated carbocycles. The van der Waals surface area contributed by atoms with E-state index in [1.165, 1.54) is 43.5 Å². The van der Waals surface area contributed by atoms with Crippen LogP contribution in [0.15, 0.2) is 58.3 Å². The summed E-state index contributed by atoms with van der Waals surface area (Å²) in [4.78, 5) is 12.4. The molecular weight excluding hydrogens is 430 g/mol. The van der Waals surface area contributed by atoms with Crippen molar-refractivity contribution in [3.05, 3.63) is 54.1 Å². The Morgan fingerprint density at radius 1 is 0.900 bits per heavy atom. The summed E-state index contributed by atoms with van der Waals surface area (Å²) in [5.74, 6) is 0.112. The Morgan fingerprint density at radius 2 is 1.47 bits per heavy atom. The summed E-state index contributed by atoms with van der Waals surface area (Å²) in [6, 6.07) is 11.5. The molecule has 3 rings (SSSR count). The van der Waals surface area contributed by atoms with E-state index in [1.807, 2.05) is 0 Å². The molecule has 0 unspecified atom stereocenters. The molecule has 30 heavy (non-hydrogen) atoms. The molecule has 0 saturated heterocycles. The Kier molecular flexibility index (Phi) is 6.76. The predicted octanol–water partition coefficient (Wildman–Crippen LogP) is 0.844. The number of hydrogen-bond donors (Lipinski definition) is 3. The number of sulfonamides is 2. The summed E-state index contributed by atoms with van der Waals surface area (Å²) >= 11 is 0. The fraction of sp³-hybridized carbons (Fsp3) is 0.316. The monoisotopic (exact) mass is 453 g/mol. The van der Waals surface area contributed by atoms with Gasteiger partial charge in [-0.1, -0.05) is 0 Å². The van der Waals surface area contributed by atoms with Crippen LogP contribution in [0.3, 0.4) is 0 Å². The molecule has 3 N–H and O–H groups in total. The number of nitrogens with one attached hydrogen (secondary N) is 3. The molecule has 162 valence electrons. The van der Waals surface area contributed by atoms with Gasteiger partial charge in [0.1, 0.15) is 5.75 Å². The van der Waals surface area contributed by atoms with Crippen molar-refractivity contribution in [3.63, 3.8) is 0 Å². The Bertz CT molecular complexity index is 1090. The molecule has 0 atom stereocenters. The molecule has 1 aliphatic rings. The molecule has 0 aromatic heterocycles. The first-order valence-electron chi connectivity index (χ1n) is 9.25. The number of methoxy groups -OCH3 is 1. The summed E-state index contributed by atoms with van der Waals surface area (Å²) < 4.78 is 58.7. The fourth-order valence-corrected chi connectivity index (χ4v) is 4.91. The van der Waals surface area contributed by atoms with Crippen LogP contribution in [0.1, 0.15) is 23.2 Å². The van der Waals surface area contributed by atoms with Crippen LogP contribution in [0.5, 0.6) is 5.75 Å². The maximum atomic E-state index is 12.2. The third-order valence-electron chi connectivity index (χ3n) is 4.40. The Labute approximate surface area is 175 Å². The van der Waals surface area contributed by atoms with Crippen LogP contribution in [-0.2, 0) is 20.0 Å². The molecule has 2 aromatic rings. The van der Waals surface area contributed by atoms with Gasteiger partial charge in [-0.15, -0.1) is 0 Å². The van der Waals surface area contributed by atoms with Crippen LogP contribution in [0.4, 0.5) is 0 Å². The van der Waals surface area contributed by atoms with Crippen molar-refractivity contribution in [2.45, 2.75) is 28.7 Å². The minimum Gasteiger partial charge on any atom is -0.497 e. The van der Waals surface area contributed by atoms with Gasteiger partial charge in [-0.2, -0.15) is 0 Å². The second kappa shape index (κ2) is 9.13. The molecule has 0 radical (unpaired) electrons. The lowest BCUT2D eigenvalue weighted by atomic mass is 10.2. The lowest BCUT2D eigenvalue weighted by Gasteiger charge is -2.09. The molecule has 0 spiro atoms. The molecule has 11 heteroatoms. The maximum Gasteiger partial charge on any atom is 0.251 e. The van der Waals surface area contributed by atoms with E-state index in [2.05, 4.69) is 14.8 Å². The van der Waals surface area contributed by atoms with Gasteiger partial charge in [-0.3, -0.25) is 4.79 Å². The second-order valence-electron chi connectivity index (χ2n) is 6.75. The Hall–Kier alpha value is -2.47. The average molecular weight is 454 g/mol.